The summed E-state index contributed by atoms with van der Waals surface area (Å²) >= 11 is 3.44. The Morgan fingerprint density at radius 2 is 1.95 bits per heavy atom. The molecule has 2 aromatic rings. The fraction of sp³-hybridized carbons (Fsp3) is 0.333. The molecule has 0 amide bonds. The van der Waals surface area contributed by atoms with Gasteiger partial charge in [0.1, 0.15) is 5.82 Å². The molecule has 0 aliphatic rings. The molecule has 100 valence electrons. The maximum Gasteiger partial charge on any atom is 0.254 e. The monoisotopic (exact) mass is 320 g/mol. The lowest BCUT2D eigenvalue weighted by Crippen LogP contribution is -2.18. The van der Waals surface area contributed by atoms with Crippen LogP contribution in [-0.2, 0) is 0 Å². The number of halogens is 1. The Kier molecular flexibility index (Phi) is 3.90. The summed E-state index contributed by atoms with van der Waals surface area (Å²) in [7, 11) is 0. The smallest absolute Gasteiger partial charge is 0.254 e. The van der Waals surface area contributed by atoms with Crippen LogP contribution in [0.4, 0.5) is 0 Å². The zero-order valence-corrected chi connectivity index (χ0v) is 13.1. The van der Waals surface area contributed by atoms with Gasteiger partial charge >= 0.3 is 0 Å². The van der Waals surface area contributed by atoms with Gasteiger partial charge in [0.15, 0.2) is 0 Å². The number of aromatic nitrogens is 2. The average Bonchev–Trinajstić information content (AvgIpc) is 2.26. The highest BCUT2D eigenvalue weighted by Crippen LogP contribution is 2.24. The zero-order valence-electron chi connectivity index (χ0n) is 11.5. The van der Waals surface area contributed by atoms with Gasteiger partial charge in [-0.25, -0.2) is 4.98 Å². The third kappa shape index (κ3) is 2.78. The third-order valence-electron chi connectivity index (χ3n) is 3.17. The molecule has 0 aliphatic heterocycles. The maximum absolute atomic E-state index is 12.1. The molecular formula is C15H17BrN2O. The van der Waals surface area contributed by atoms with Crippen molar-refractivity contribution in [2.75, 3.05) is 0 Å². The van der Waals surface area contributed by atoms with Gasteiger partial charge in [0, 0.05) is 21.3 Å². The lowest BCUT2D eigenvalue weighted by atomic mass is 10.0. The van der Waals surface area contributed by atoms with Crippen molar-refractivity contribution in [3.8, 4) is 11.4 Å². The van der Waals surface area contributed by atoms with Crippen LogP contribution in [0.5, 0.6) is 0 Å². The summed E-state index contributed by atoms with van der Waals surface area (Å²) in [4.78, 5) is 19.6. The predicted molar refractivity (Wildman–Crippen MR) is 81.6 cm³/mol. The molecule has 3 nitrogen and oxygen atoms in total. The van der Waals surface area contributed by atoms with Crippen LogP contribution < -0.4 is 5.56 Å². The van der Waals surface area contributed by atoms with Crippen LogP contribution in [0.15, 0.2) is 27.5 Å². The Morgan fingerprint density at radius 3 is 2.47 bits per heavy atom. The Balaban J connectivity index is 2.62. The fourth-order valence-corrected chi connectivity index (χ4v) is 2.77. The molecule has 0 saturated heterocycles. The van der Waals surface area contributed by atoms with E-state index >= 15 is 0 Å². The van der Waals surface area contributed by atoms with Gasteiger partial charge in [0.05, 0.1) is 0 Å². The second kappa shape index (κ2) is 5.29. The summed E-state index contributed by atoms with van der Waals surface area (Å²) < 4.78 is 1.02. The van der Waals surface area contributed by atoms with Crippen molar-refractivity contribution in [1.82, 2.24) is 9.97 Å². The van der Waals surface area contributed by atoms with Gasteiger partial charge in [-0.05, 0) is 43.5 Å². The van der Waals surface area contributed by atoms with E-state index in [0.29, 0.717) is 5.82 Å². The highest BCUT2D eigenvalue weighted by atomic mass is 79.9. The van der Waals surface area contributed by atoms with Crippen LogP contribution in [0.1, 0.15) is 36.6 Å². The van der Waals surface area contributed by atoms with Gasteiger partial charge in [-0.15, -0.1) is 0 Å². The van der Waals surface area contributed by atoms with Crippen molar-refractivity contribution in [2.24, 2.45) is 0 Å². The first kappa shape index (κ1) is 14.0. The van der Waals surface area contributed by atoms with E-state index in [-0.39, 0.29) is 11.5 Å². The quantitative estimate of drug-likeness (QED) is 0.910. The Morgan fingerprint density at radius 1 is 1.26 bits per heavy atom. The number of H-pyrrole nitrogens is 1. The van der Waals surface area contributed by atoms with E-state index in [1.165, 1.54) is 0 Å². The number of hydrogen-bond acceptors (Lipinski definition) is 2. The second-order valence-electron chi connectivity index (χ2n) is 5.03. The number of hydrogen-bond donors (Lipinski definition) is 1. The topological polar surface area (TPSA) is 45.8 Å². The molecule has 1 N–H and O–H groups in total. The normalized spacial score (nSPS) is 11.1. The summed E-state index contributed by atoms with van der Waals surface area (Å²) in [6.07, 6.45) is 0. The molecule has 0 atom stereocenters. The molecule has 0 spiro atoms. The van der Waals surface area contributed by atoms with Gasteiger partial charge in [0.2, 0.25) is 0 Å². The number of benzene rings is 1. The van der Waals surface area contributed by atoms with E-state index in [0.717, 1.165) is 26.9 Å². The van der Waals surface area contributed by atoms with Gasteiger partial charge < -0.3 is 4.98 Å². The minimum atomic E-state index is -0.0418. The maximum atomic E-state index is 12.1. The van der Waals surface area contributed by atoms with Crippen LogP contribution >= 0.6 is 15.9 Å². The number of nitrogens with zero attached hydrogens (tertiary/aromatic N) is 1. The SMILES string of the molecule is Cc1cc(Br)ccc1-c1nc(C)c(C(C)C)c(=O)[nH]1. The van der Waals surface area contributed by atoms with E-state index in [1.54, 1.807) is 0 Å². The number of aromatic amines is 1. The fourth-order valence-electron chi connectivity index (χ4n) is 2.30. The standard InChI is InChI=1S/C15H17BrN2O/c1-8(2)13-10(4)17-14(18-15(13)19)12-6-5-11(16)7-9(12)3/h5-8H,1-4H3,(H,17,18,19). The first-order chi connectivity index (χ1) is 8.90. The van der Waals surface area contributed by atoms with Gasteiger partial charge in [-0.1, -0.05) is 29.8 Å². The number of aryl methyl sites for hydroxylation is 2. The van der Waals surface area contributed by atoms with Crippen molar-refractivity contribution >= 4 is 15.9 Å². The van der Waals surface area contributed by atoms with Crippen LogP contribution in [0, 0.1) is 13.8 Å². The summed E-state index contributed by atoms with van der Waals surface area (Å²) in [6, 6.07) is 5.93. The minimum absolute atomic E-state index is 0.0418. The molecule has 1 heterocycles. The van der Waals surface area contributed by atoms with E-state index in [2.05, 4.69) is 25.9 Å². The van der Waals surface area contributed by atoms with E-state index in [4.69, 9.17) is 0 Å². The minimum Gasteiger partial charge on any atom is -0.306 e. The first-order valence-electron chi connectivity index (χ1n) is 6.27. The molecule has 0 radical (unpaired) electrons. The van der Waals surface area contributed by atoms with Gasteiger partial charge in [-0.2, -0.15) is 0 Å². The molecule has 19 heavy (non-hydrogen) atoms. The number of nitrogens with one attached hydrogen (secondary N) is 1. The zero-order chi connectivity index (χ0) is 14.2. The molecule has 1 aromatic carbocycles. The van der Waals surface area contributed by atoms with Crippen molar-refractivity contribution in [3.05, 3.63) is 49.8 Å². The number of rotatable bonds is 2. The molecule has 0 unspecified atom stereocenters. The molecule has 4 heteroatoms. The molecule has 0 saturated carbocycles. The van der Waals surface area contributed by atoms with Crippen molar-refractivity contribution in [3.63, 3.8) is 0 Å². The third-order valence-corrected chi connectivity index (χ3v) is 3.66. The van der Waals surface area contributed by atoms with Crippen LogP contribution in [-0.4, -0.2) is 9.97 Å². The van der Waals surface area contributed by atoms with E-state index in [9.17, 15) is 4.79 Å². The molecule has 2 rings (SSSR count). The van der Waals surface area contributed by atoms with E-state index < -0.39 is 0 Å². The van der Waals surface area contributed by atoms with E-state index in [1.807, 2.05) is 45.9 Å². The summed E-state index contributed by atoms with van der Waals surface area (Å²) in [5.74, 6) is 0.813. The predicted octanol–water partition coefficient (Wildman–Crippen LogP) is 3.94. The second-order valence-corrected chi connectivity index (χ2v) is 5.94. The summed E-state index contributed by atoms with van der Waals surface area (Å²) in [5.41, 5.74) is 3.56. The Hall–Kier alpha value is -1.42. The lowest BCUT2D eigenvalue weighted by Gasteiger charge is -2.11. The van der Waals surface area contributed by atoms with Crippen LogP contribution in [0.25, 0.3) is 11.4 Å². The van der Waals surface area contributed by atoms with Gasteiger partial charge in [-0.3, -0.25) is 4.79 Å². The highest BCUT2D eigenvalue weighted by molar-refractivity contribution is 9.10. The highest BCUT2D eigenvalue weighted by Gasteiger charge is 2.13. The molecular weight excluding hydrogens is 304 g/mol. The molecule has 0 aliphatic carbocycles. The lowest BCUT2D eigenvalue weighted by molar-refractivity contribution is 0.814. The average molecular weight is 321 g/mol. The van der Waals surface area contributed by atoms with Gasteiger partial charge in [0.25, 0.3) is 5.56 Å². The van der Waals surface area contributed by atoms with Crippen LogP contribution in [0.3, 0.4) is 0 Å². The molecule has 1 aromatic heterocycles. The van der Waals surface area contributed by atoms with Crippen LogP contribution in [0.2, 0.25) is 0 Å². The summed E-state index contributed by atoms with van der Waals surface area (Å²) in [5, 5.41) is 0. The molecule has 0 fully saturated rings. The Labute approximate surface area is 121 Å². The summed E-state index contributed by atoms with van der Waals surface area (Å²) in [6.45, 7) is 7.90. The van der Waals surface area contributed by atoms with Crippen molar-refractivity contribution in [2.45, 2.75) is 33.6 Å². The van der Waals surface area contributed by atoms with Crippen molar-refractivity contribution < 1.29 is 0 Å². The Bertz CT molecular complexity index is 674. The molecule has 0 bridgehead atoms. The first-order valence-corrected chi connectivity index (χ1v) is 7.06. The van der Waals surface area contributed by atoms with Crippen molar-refractivity contribution in [1.29, 1.82) is 0 Å². The largest absolute Gasteiger partial charge is 0.306 e.